The second-order valence-corrected chi connectivity index (χ2v) is 10.7. The third-order valence-corrected chi connectivity index (χ3v) is 6.33. The predicted octanol–water partition coefficient (Wildman–Crippen LogP) is 6.36. The van der Waals surface area contributed by atoms with Crippen LogP contribution < -0.4 is 10.6 Å². The summed E-state index contributed by atoms with van der Waals surface area (Å²) in [4.78, 5) is 35.3. The molecule has 0 saturated carbocycles. The first-order valence-corrected chi connectivity index (χ1v) is 13.5. The van der Waals surface area contributed by atoms with E-state index in [1.54, 1.807) is 6.92 Å². The predicted molar refractivity (Wildman–Crippen MR) is 151 cm³/mol. The second-order valence-electron chi connectivity index (χ2n) is 10.7. The summed E-state index contributed by atoms with van der Waals surface area (Å²) in [6.45, 7) is 17.9. The van der Waals surface area contributed by atoms with Gasteiger partial charge in [0.1, 0.15) is 23.5 Å². The number of aromatic nitrogens is 2. The molecule has 214 valence electrons. The summed E-state index contributed by atoms with van der Waals surface area (Å²) in [5.41, 5.74) is 1.38. The Morgan fingerprint density at radius 3 is 2.45 bits per heavy atom. The molecule has 2 atom stereocenters. The van der Waals surface area contributed by atoms with Crippen LogP contribution in [0.15, 0.2) is 36.7 Å². The van der Waals surface area contributed by atoms with Crippen molar-refractivity contribution in [1.82, 2.24) is 25.5 Å². The third kappa shape index (κ3) is 9.26. The smallest absolute Gasteiger partial charge is 0.243 e. The number of hydrogen-bond donors (Lipinski definition) is 3. The summed E-state index contributed by atoms with van der Waals surface area (Å²) in [6.07, 6.45) is 4.94. The van der Waals surface area contributed by atoms with Crippen molar-refractivity contribution in [3.05, 3.63) is 54.1 Å². The SMILES string of the molecule is C=C(C[C@H](NC(=O)CCC(C)(C)C)C(=O)N[C@@H](C)c1ncc(-c2ccc(F)cc2F)[nH]1)N1CCCC1.CC.[HH].[HH]. The van der Waals surface area contributed by atoms with Gasteiger partial charge in [-0.25, -0.2) is 13.8 Å². The number of halogens is 2. The van der Waals surface area contributed by atoms with Crippen LogP contribution in [-0.2, 0) is 9.59 Å². The summed E-state index contributed by atoms with van der Waals surface area (Å²) in [5, 5.41) is 5.79. The Bertz CT molecular complexity index is 1100. The van der Waals surface area contributed by atoms with E-state index in [0.29, 0.717) is 30.8 Å². The molecule has 9 heteroatoms. The highest BCUT2D eigenvalue weighted by atomic mass is 19.1. The lowest BCUT2D eigenvalue weighted by atomic mass is 9.90. The molecule has 0 unspecified atom stereocenters. The number of H-pyrrole nitrogens is 1. The highest BCUT2D eigenvalue weighted by Gasteiger charge is 2.27. The van der Waals surface area contributed by atoms with Gasteiger partial charge in [-0.1, -0.05) is 41.2 Å². The fraction of sp³-hybridized carbons (Fsp3) is 0.552. The molecular formula is C29H47F2N5O2. The number of imidazole rings is 1. The van der Waals surface area contributed by atoms with E-state index in [1.807, 2.05) is 13.8 Å². The highest BCUT2D eigenvalue weighted by molar-refractivity contribution is 5.88. The van der Waals surface area contributed by atoms with Gasteiger partial charge >= 0.3 is 0 Å². The lowest BCUT2D eigenvalue weighted by molar-refractivity contribution is -0.129. The van der Waals surface area contributed by atoms with Crippen molar-refractivity contribution in [1.29, 1.82) is 0 Å². The van der Waals surface area contributed by atoms with Gasteiger partial charge in [-0.05, 0) is 43.7 Å². The van der Waals surface area contributed by atoms with E-state index in [-0.39, 0.29) is 25.6 Å². The van der Waals surface area contributed by atoms with E-state index in [0.717, 1.165) is 37.7 Å². The van der Waals surface area contributed by atoms with Crippen LogP contribution in [-0.4, -0.2) is 45.8 Å². The largest absolute Gasteiger partial charge is 0.375 e. The molecule has 1 aromatic heterocycles. The molecule has 2 amide bonds. The topological polar surface area (TPSA) is 90.1 Å². The van der Waals surface area contributed by atoms with Gasteiger partial charge < -0.3 is 20.5 Å². The molecule has 0 radical (unpaired) electrons. The van der Waals surface area contributed by atoms with Gasteiger partial charge in [0.2, 0.25) is 11.8 Å². The van der Waals surface area contributed by atoms with Crippen molar-refractivity contribution < 1.29 is 21.2 Å². The Morgan fingerprint density at radius 1 is 1.18 bits per heavy atom. The molecule has 2 heterocycles. The molecule has 2 aromatic rings. The Labute approximate surface area is 228 Å². The maximum atomic E-state index is 14.2. The molecule has 7 nitrogen and oxygen atoms in total. The fourth-order valence-electron chi connectivity index (χ4n) is 4.15. The molecule has 38 heavy (non-hydrogen) atoms. The fourth-order valence-corrected chi connectivity index (χ4v) is 4.15. The average molecular weight is 536 g/mol. The minimum atomic E-state index is -0.781. The van der Waals surface area contributed by atoms with Crippen LogP contribution in [0.4, 0.5) is 8.78 Å². The van der Waals surface area contributed by atoms with Crippen molar-refractivity contribution in [2.75, 3.05) is 13.1 Å². The van der Waals surface area contributed by atoms with E-state index in [4.69, 9.17) is 0 Å². The number of carbonyl (C=O) groups excluding carboxylic acids is 2. The maximum Gasteiger partial charge on any atom is 0.243 e. The van der Waals surface area contributed by atoms with Crippen molar-refractivity contribution in [2.24, 2.45) is 5.41 Å². The molecular weight excluding hydrogens is 488 g/mol. The number of amides is 2. The first-order chi connectivity index (χ1) is 17.9. The van der Waals surface area contributed by atoms with Crippen LogP contribution in [0, 0.1) is 17.0 Å². The zero-order chi connectivity index (χ0) is 28.5. The quantitative estimate of drug-likeness (QED) is 0.330. The summed E-state index contributed by atoms with van der Waals surface area (Å²) in [6, 6.07) is 1.99. The minimum absolute atomic E-state index is 0. The van der Waals surface area contributed by atoms with Crippen LogP contribution in [0.3, 0.4) is 0 Å². The first kappa shape index (κ1) is 31.0. The van der Waals surface area contributed by atoms with Crippen molar-refractivity contribution in [3.8, 4) is 11.3 Å². The van der Waals surface area contributed by atoms with Crippen molar-refractivity contribution >= 4 is 11.8 Å². The molecule has 3 rings (SSSR count). The molecule has 1 saturated heterocycles. The lowest BCUT2D eigenvalue weighted by Crippen LogP contribution is -2.48. The molecule has 0 aliphatic carbocycles. The average Bonchev–Trinajstić information content (AvgIpc) is 3.56. The summed E-state index contributed by atoms with van der Waals surface area (Å²) in [7, 11) is 0. The number of hydrogen-bond acceptors (Lipinski definition) is 4. The summed E-state index contributed by atoms with van der Waals surface area (Å²) < 4.78 is 27.4. The van der Waals surface area contributed by atoms with Crippen molar-refractivity contribution in [3.63, 3.8) is 0 Å². The number of nitrogens with zero attached hydrogens (tertiary/aromatic N) is 2. The van der Waals surface area contributed by atoms with Crippen LogP contribution in [0.2, 0.25) is 0 Å². The van der Waals surface area contributed by atoms with Crippen LogP contribution >= 0.6 is 0 Å². The number of rotatable bonds is 10. The zero-order valence-electron chi connectivity index (χ0n) is 23.6. The summed E-state index contributed by atoms with van der Waals surface area (Å²) in [5.74, 6) is -1.49. The standard InChI is InChI=1S/C27H37F2N5O2.C2H6.2H2/c1-17(34-12-6-7-13-34)14-22(32-24(35)10-11-27(3,4)5)26(36)31-18(2)25-30-16-23(33-25)20-9-8-19(28)15-21(20)29;1-2;;/h8-9,15-16,18,22H,1,6-7,10-14H2,2-5H3,(H,30,33)(H,31,36)(H,32,35);1-2H3;2*1H/t18-,22-;;;/m0.../s1. The normalized spacial score (nSPS) is 14.8. The van der Waals surface area contributed by atoms with Gasteiger partial charge in [-0.15, -0.1) is 0 Å². The third-order valence-electron chi connectivity index (χ3n) is 6.33. The van der Waals surface area contributed by atoms with Gasteiger partial charge in [-0.3, -0.25) is 9.59 Å². The molecule has 1 fully saturated rings. The highest BCUT2D eigenvalue weighted by Crippen LogP contribution is 2.24. The minimum Gasteiger partial charge on any atom is -0.375 e. The zero-order valence-corrected chi connectivity index (χ0v) is 23.6. The van der Waals surface area contributed by atoms with E-state index in [2.05, 4.69) is 52.9 Å². The number of benzene rings is 1. The number of nitrogens with one attached hydrogen (secondary N) is 3. The molecule has 0 bridgehead atoms. The van der Waals surface area contributed by atoms with Gasteiger partial charge in [0.15, 0.2) is 0 Å². The summed E-state index contributed by atoms with van der Waals surface area (Å²) >= 11 is 0. The van der Waals surface area contributed by atoms with E-state index in [1.165, 1.54) is 18.3 Å². The van der Waals surface area contributed by atoms with Crippen LogP contribution in [0.25, 0.3) is 11.3 Å². The van der Waals surface area contributed by atoms with Crippen LogP contribution in [0.1, 0.15) is 88.4 Å². The number of aromatic amines is 1. The first-order valence-electron chi connectivity index (χ1n) is 13.5. The van der Waals surface area contributed by atoms with E-state index >= 15 is 0 Å². The Morgan fingerprint density at radius 2 is 1.84 bits per heavy atom. The van der Waals surface area contributed by atoms with Gasteiger partial charge in [0.05, 0.1) is 17.9 Å². The van der Waals surface area contributed by atoms with Gasteiger partial charge in [0.25, 0.3) is 0 Å². The molecule has 1 aliphatic rings. The Kier molecular flexibility index (Phi) is 11.5. The number of likely N-dealkylation sites (tertiary alicyclic amines) is 1. The number of carbonyl (C=O) groups is 2. The van der Waals surface area contributed by atoms with E-state index in [9.17, 15) is 18.4 Å². The van der Waals surface area contributed by atoms with Gasteiger partial charge in [-0.2, -0.15) is 0 Å². The van der Waals surface area contributed by atoms with Crippen molar-refractivity contribution in [2.45, 2.75) is 85.7 Å². The monoisotopic (exact) mass is 535 g/mol. The Hall–Kier alpha value is -3.23. The molecule has 3 N–H and O–H groups in total. The molecule has 0 spiro atoms. The van der Waals surface area contributed by atoms with E-state index < -0.39 is 23.7 Å². The van der Waals surface area contributed by atoms with Crippen LogP contribution in [0.5, 0.6) is 0 Å². The molecule has 1 aromatic carbocycles. The van der Waals surface area contributed by atoms with Gasteiger partial charge in [0, 0.05) is 46.1 Å². The molecule has 1 aliphatic heterocycles. The Balaban J connectivity index is 0.00000372. The maximum absolute atomic E-state index is 14.2. The second kappa shape index (κ2) is 14.1. The lowest BCUT2D eigenvalue weighted by Gasteiger charge is -2.26.